The lowest BCUT2D eigenvalue weighted by Crippen LogP contribution is -1.98. The molecule has 1 radical (unpaired) electrons. The summed E-state index contributed by atoms with van der Waals surface area (Å²) in [5.74, 6) is 0.620. The molecule has 0 bridgehead atoms. The highest BCUT2D eigenvalue weighted by molar-refractivity contribution is 5.72. The molecule has 3 rings (SSSR count). The molecule has 2 aromatic heterocycles. The molecule has 93 valence electrons. The molecule has 0 spiro atoms. The van der Waals surface area contributed by atoms with Crippen molar-refractivity contribution in [3.8, 4) is 22.4 Å². The van der Waals surface area contributed by atoms with Gasteiger partial charge in [0.05, 0.1) is 17.5 Å². The molecule has 0 aliphatic rings. The highest BCUT2D eigenvalue weighted by Gasteiger charge is 2.08. The summed E-state index contributed by atoms with van der Waals surface area (Å²) in [6, 6.07) is 14.8. The zero-order chi connectivity index (χ0) is 13.2. The fourth-order valence-electron chi connectivity index (χ4n) is 1.95. The van der Waals surface area contributed by atoms with Crippen LogP contribution in [0, 0.1) is 6.07 Å². The van der Waals surface area contributed by atoms with Gasteiger partial charge in [0, 0.05) is 18.8 Å². The van der Waals surface area contributed by atoms with Crippen molar-refractivity contribution < 1.29 is 0 Å². The number of rotatable bonds is 2. The molecule has 4 heteroatoms. The Hall–Kier alpha value is -2.62. The second kappa shape index (κ2) is 4.57. The van der Waals surface area contributed by atoms with Crippen LogP contribution in [0.2, 0.25) is 0 Å². The van der Waals surface area contributed by atoms with Crippen molar-refractivity contribution in [2.45, 2.75) is 0 Å². The maximum Gasteiger partial charge on any atom is 0.130 e. The molecule has 0 aliphatic carbocycles. The van der Waals surface area contributed by atoms with Gasteiger partial charge in [0.1, 0.15) is 5.82 Å². The number of pyridine rings is 1. The van der Waals surface area contributed by atoms with Gasteiger partial charge in [0.25, 0.3) is 0 Å². The number of benzene rings is 1. The van der Waals surface area contributed by atoms with Crippen LogP contribution in [0.4, 0.5) is 5.82 Å². The van der Waals surface area contributed by atoms with E-state index >= 15 is 0 Å². The van der Waals surface area contributed by atoms with Crippen molar-refractivity contribution in [3.05, 3.63) is 54.9 Å². The minimum absolute atomic E-state index is 0.620. The molecule has 4 nitrogen and oxygen atoms in total. The summed E-state index contributed by atoms with van der Waals surface area (Å²) in [5.41, 5.74) is 9.82. The lowest BCUT2D eigenvalue weighted by Gasteiger charge is -2.03. The van der Waals surface area contributed by atoms with Crippen LogP contribution in [-0.4, -0.2) is 14.8 Å². The van der Waals surface area contributed by atoms with E-state index < -0.39 is 0 Å². The molecule has 2 heterocycles. The smallest absolute Gasteiger partial charge is 0.130 e. The van der Waals surface area contributed by atoms with Gasteiger partial charge in [-0.25, -0.2) is 0 Å². The number of anilines is 1. The normalized spacial score (nSPS) is 10.6. The van der Waals surface area contributed by atoms with E-state index in [9.17, 15) is 0 Å². The van der Waals surface area contributed by atoms with Crippen LogP contribution in [0.3, 0.4) is 0 Å². The van der Waals surface area contributed by atoms with E-state index in [1.54, 1.807) is 10.9 Å². The Kier molecular flexibility index (Phi) is 2.76. The third-order valence-electron chi connectivity index (χ3n) is 3.08. The van der Waals surface area contributed by atoms with Crippen LogP contribution >= 0.6 is 0 Å². The summed E-state index contributed by atoms with van der Waals surface area (Å²) >= 11 is 0. The number of hydrogen-bond acceptors (Lipinski definition) is 3. The molecule has 19 heavy (non-hydrogen) atoms. The molecule has 0 aliphatic heterocycles. The van der Waals surface area contributed by atoms with Crippen LogP contribution < -0.4 is 5.73 Å². The van der Waals surface area contributed by atoms with Crippen LogP contribution in [0.15, 0.2) is 48.8 Å². The van der Waals surface area contributed by atoms with Gasteiger partial charge in [-0.1, -0.05) is 30.3 Å². The minimum Gasteiger partial charge on any atom is -0.383 e. The summed E-state index contributed by atoms with van der Waals surface area (Å²) < 4.78 is 1.64. The Morgan fingerprint density at radius 2 is 1.84 bits per heavy atom. The quantitative estimate of drug-likeness (QED) is 0.759. The molecule has 0 saturated carbocycles. The van der Waals surface area contributed by atoms with Crippen LogP contribution in [-0.2, 0) is 7.05 Å². The van der Waals surface area contributed by atoms with Gasteiger partial charge in [-0.05, 0) is 17.7 Å². The number of nitrogens with two attached hydrogens (primary N) is 1. The predicted octanol–water partition coefficient (Wildman–Crippen LogP) is 2.53. The van der Waals surface area contributed by atoms with Gasteiger partial charge >= 0.3 is 0 Å². The van der Waals surface area contributed by atoms with E-state index in [1.807, 2.05) is 49.6 Å². The number of hydrogen-bond donors (Lipinski definition) is 1. The average Bonchev–Trinajstić information content (AvgIpc) is 2.80. The largest absolute Gasteiger partial charge is 0.383 e. The number of nitrogens with zero attached hydrogens (tertiary/aromatic N) is 3. The molecule has 2 N–H and O–H groups in total. The third kappa shape index (κ3) is 2.08. The van der Waals surface area contributed by atoms with E-state index in [0.29, 0.717) is 5.82 Å². The van der Waals surface area contributed by atoms with Crippen LogP contribution in [0.5, 0.6) is 0 Å². The monoisotopic (exact) mass is 249 g/mol. The number of nitrogen functional groups attached to an aromatic ring is 1. The van der Waals surface area contributed by atoms with E-state index in [1.165, 1.54) is 0 Å². The molecule has 0 amide bonds. The molecule has 0 unspecified atom stereocenters. The Balaban J connectivity index is 1.98. The standard InChI is InChI=1S/C15H13N4/c1-19-15(16)13(10-18-19)14-8-7-12(9-17-14)11-5-3-2-4-6-11/h3-10H,16H2,1H3. The summed E-state index contributed by atoms with van der Waals surface area (Å²) in [7, 11) is 1.81. The van der Waals surface area contributed by atoms with Crippen molar-refractivity contribution in [1.29, 1.82) is 0 Å². The SMILES string of the molecule is Cn1ncc(-c2ccc(-c3cc[c]cc3)cn2)c1N. The summed E-state index contributed by atoms with van der Waals surface area (Å²) in [5, 5.41) is 4.12. The minimum atomic E-state index is 0.620. The Labute approximate surface area is 111 Å². The van der Waals surface area contributed by atoms with E-state index in [2.05, 4.69) is 16.1 Å². The fourth-order valence-corrected chi connectivity index (χ4v) is 1.95. The van der Waals surface area contributed by atoms with Crippen molar-refractivity contribution >= 4 is 5.82 Å². The van der Waals surface area contributed by atoms with Crippen molar-refractivity contribution in [2.24, 2.45) is 7.05 Å². The molecule has 0 atom stereocenters. The number of aromatic nitrogens is 3. The summed E-state index contributed by atoms with van der Waals surface area (Å²) in [6.07, 6.45) is 3.58. The first-order chi connectivity index (χ1) is 9.25. The first kappa shape index (κ1) is 11.5. The van der Waals surface area contributed by atoms with Gasteiger partial charge in [0.2, 0.25) is 0 Å². The average molecular weight is 249 g/mol. The lowest BCUT2D eigenvalue weighted by molar-refractivity contribution is 0.779. The number of aryl methyl sites for hydroxylation is 1. The third-order valence-corrected chi connectivity index (χ3v) is 3.08. The second-order valence-electron chi connectivity index (χ2n) is 4.29. The van der Waals surface area contributed by atoms with E-state index in [-0.39, 0.29) is 0 Å². The van der Waals surface area contributed by atoms with Crippen molar-refractivity contribution in [2.75, 3.05) is 5.73 Å². The van der Waals surface area contributed by atoms with Gasteiger partial charge in [-0.15, -0.1) is 0 Å². The zero-order valence-corrected chi connectivity index (χ0v) is 10.5. The zero-order valence-electron chi connectivity index (χ0n) is 10.5. The van der Waals surface area contributed by atoms with Crippen LogP contribution in [0.25, 0.3) is 22.4 Å². The molecule has 3 aromatic rings. The van der Waals surface area contributed by atoms with E-state index in [4.69, 9.17) is 5.73 Å². The first-order valence-electron chi connectivity index (χ1n) is 5.96. The maximum absolute atomic E-state index is 5.94. The predicted molar refractivity (Wildman–Crippen MR) is 75.1 cm³/mol. The van der Waals surface area contributed by atoms with Gasteiger partial charge in [-0.2, -0.15) is 5.10 Å². The summed E-state index contributed by atoms with van der Waals surface area (Å²) in [6.45, 7) is 0. The Bertz CT molecular complexity index is 684. The van der Waals surface area contributed by atoms with Crippen LogP contribution in [0.1, 0.15) is 0 Å². The van der Waals surface area contributed by atoms with Gasteiger partial charge in [0.15, 0.2) is 0 Å². The van der Waals surface area contributed by atoms with Crippen molar-refractivity contribution in [1.82, 2.24) is 14.8 Å². The highest BCUT2D eigenvalue weighted by Crippen LogP contribution is 2.25. The van der Waals surface area contributed by atoms with E-state index in [0.717, 1.165) is 22.4 Å². The second-order valence-corrected chi connectivity index (χ2v) is 4.29. The molecular weight excluding hydrogens is 236 g/mol. The van der Waals surface area contributed by atoms with Gasteiger partial charge in [-0.3, -0.25) is 9.67 Å². The highest BCUT2D eigenvalue weighted by atomic mass is 15.3. The van der Waals surface area contributed by atoms with Crippen molar-refractivity contribution in [3.63, 3.8) is 0 Å². The molecule has 0 fully saturated rings. The van der Waals surface area contributed by atoms with Gasteiger partial charge < -0.3 is 5.73 Å². The topological polar surface area (TPSA) is 56.7 Å². The lowest BCUT2D eigenvalue weighted by atomic mass is 10.1. The Morgan fingerprint density at radius 1 is 1.05 bits per heavy atom. The maximum atomic E-state index is 5.94. The molecule has 0 saturated heterocycles. The molecular formula is C15H13N4. The Morgan fingerprint density at radius 3 is 2.42 bits per heavy atom. The first-order valence-corrected chi connectivity index (χ1v) is 5.96. The summed E-state index contributed by atoms with van der Waals surface area (Å²) in [4.78, 5) is 4.46. The molecule has 1 aromatic carbocycles. The fraction of sp³-hybridized carbons (Fsp3) is 0.0667.